The maximum atomic E-state index is 12.7. The third kappa shape index (κ3) is 3.25. The van der Waals surface area contributed by atoms with Crippen molar-refractivity contribution >= 4 is 11.4 Å². The van der Waals surface area contributed by atoms with Crippen LogP contribution in [-0.2, 0) is 11.2 Å². The van der Waals surface area contributed by atoms with Crippen LogP contribution in [0.4, 0.5) is 0 Å². The van der Waals surface area contributed by atoms with Gasteiger partial charge in [-0.15, -0.1) is 0 Å². The van der Waals surface area contributed by atoms with Gasteiger partial charge in [-0.3, -0.25) is 9.78 Å². The van der Waals surface area contributed by atoms with Gasteiger partial charge in [-0.05, 0) is 42.7 Å². The summed E-state index contributed by atoms with van der Waals surface area (Å²) in [4.78, 5) is 16.8. The molecule has 1 amide bonds. The predicted molar refractivity (Wildman–Crippen MR) is 93.4 cm³/mol. The number of aryl methyl sites for hydroxylation is 1. The lowest BCUT2D eigenvalue weighted by atomic mass is 9.95. The highest BCUT2D eigenvalue weighted by Gasteiger charge is 2.30. The van der Waals surface area contributed by atoms with Gasteiger partial charge in [0.2, 0.25) is 0 Å². The molecule has 4 rings (SSSR count). The first-order chi connectivity index (χ1) is 12.2. The third-order valence-corrected chi connectivity index (χ3v) is 4.67. The van der Waals surface area contributed by atoms with E-state index in [0.717, 1.165) is 17.5 Å². The van der Waals surface area contributed by atoms with Crippen LogP contribution in [-0.4, -0.2) is 39.8 Å². The lowest BCUT2D eigenvalue weighted by Gasteiger charge is -2.19. The van der Waals surface area contributed by atoms with Gasteiger partial charge in [-0.1, -0.05) is 6.07 Å². The van der Waals surface area contributed by atoms with E-state index in [2.05, 4.69) is 15.4 Å². The fraction of sp³-hybridized carbons (Fsp3) is 0.316. The summed E-state index contributed by atoms with van der Waals surface area (Å²) in [5.74, 6) is 0.157. The Labute approximate surface area is 145 Å². The number of pyridine rings is 2. The zero-order valence-corrected chi connectivity index (χ0v) is 14.1. The second-order valence-electron chi connectivity index (χ2n) is 6.53. The standard InChI is InChI=1S/C19H20N4O2/c1-13-2-3-18-16(9-21-23(18)10-13)19(24)22-17-12-25-11-15(17)8-14-4-6-20-7-5-14/h2-7,9-10,15,17H,8,11-12H2,1H3,(H,22,24)/t15-,17+/m1/s1. The fourth-order valence-electron chi connectivity index (χ4n) is 3.29. The molecule has 25 heavy (non-hydrogen) atoms. The van der Waals surface area contributed by atoms with E-state index in [9.17, 15) is 4.79 Å². The zero-order chi connectivity index (χ0) is 17.2. The topological polar surface area (TPSA) is 68.5 Å². The molecule has 2 atom stereocenters. The van der Waals surface area contributed by atoms with E-state index in [0.29, 0.717) is 18.8 Å². The number of ether oxygens (including phenoxy) is 1. The molecule has 6 nitrogen and oxygen atoms in total. The Balaban J connectivity index is 1.49. The Bertz CT molecular complexity index is 891. The van der Waals surface area contributed by atoms with E-state index >= 15 is 0 Å². The van der Waals surface area contributed by atoms with Crippen molar-refractivity contribution in [1.82, 2.24) is 19.9 Å². The van der Waals surface area contributed by atoms with Crippen LogP contribution in [0.3, 0.4) is 0 Å². The molecule has 3 aromatic heterocycles. The first-order valence-electron chi connectivity index (χ1n) is 8.42. The molecule has 0 aromatic carbocycles. The molecule has 1 aliphatic rings. The molecule has 1 aliphatic heterocycles. The average molecular weight is 336 g/mol. The van der Waals surface area contributed by atoms with Crippen LogP contribution in [0.25, 0.3) is 5.52 Å². The minimum atomic E-state index is -0.103. The molecule has 1 fully saturated rings. The Kier molecular flexibility index (Phi) is 4.19. The van der Waals surface area contributed by atoms with E-state index in [1.165, 1.54) is 5.56 Å². The second kappa shape index (κ2) is 6.64. The molecule has 0 aliphatic carbocycles. The number of hydrogen-bond donors (Lipinski definition) is 1. The minimum Gasteiger partial charge on any atom is -0.379 e. The van der Waals surface area contributed by atoms with Crippen molar-refractivity contribution in [1.29, 1.82) is 0 Å². The predicted octanol–water partition coefficient (Wildman–Crippen LogP) is 2.03. The van der Waals surface area contributed by atoms with Crippen LogP contribution < -0.4 is 5.32 Å². The van der Waals surface area contributed by atoms with Crippen molar-refractivity contribution in [3.63, 3.8) is 0 Å². The molecule has 1 N–H and O–H groups in total. The van der Waals surface area contributed by atoms with Crippen molar-refractivity contribution in [2.24, 2.45) is 5.92 Å². The summed E-state index contributed by atoms with van der Waals surface area (Å²) in [5, 5.41) is 7.41. The van der Waals surface area contributed by atoms with Crippen LogP contribution in [0.15, 0.2) is 49.1 Å². The van der Waals surface area contributed by atoms with Crippen molar-refractivity contribution in [3.8, 4) is 0 Å². The molecule has 6 heteroatoms. The number of aromatic nitrogens is 3. The highest BCUT2D eigenvalue weighted by molar-refractivity contribution is 6.00. The molecule has 3 aromatic rings. The zero-order valence-electron chi connectivity index (χ0n) is 14.1. The largest absolute Gasteiger partial charge is 0.379 e. The molecular formula is C19H20N4O2. The summed E-state index contributed by atoms with van der Waals surface area (Å²) >= 11 is 0. The average Bonchev–Trinajstić information content (AvgIpc) is 3.22. The minimum absolute atomic E-state index is 0.000985. The first kappa shape index (κ1) is 15.8. The third-order valence-electron chi connectivity index (χ3n) is 4.67. The molecule has 0 radical (unpaired) electrons. The molecule has 0 spiro atoms. The van der Waals surface area contributed by atoms with Gasteiger partial charge in [0.1, 0.15) is 0 Å². The highest BCUT2D eigenvalue weighted by atomic mass is 16.5. The summed E-state index contributed by atoms with van der Waals surface area (Å²) < 4.78 is 7.35. The molecule has 4 heterocycles. The van der Waals surface area contributed by atoms with E-state index in [1.54, 1.807) is 23.1 Å². The van der Waals surface area contributed by atoms with Crippen molar-refractivity contribution in [2.45, 2.75) is 19.4 Å². The Morgan fingerprint density at radius 3 is 2.96 bits per heavy atom. The number of hydrogen-bond acceptors (Lipinski definition) is 4. The smallest absolute Gasteiger partial charge is 0.255 e. The Hall–Kier alpha value is -2.73. The second-order valence-corrected chi connectivity index (χ2v) is 6.53. The monoisotopic (exact) mass is 336 g/mol. The van der Waals surface area contributed by atoms with Crippen LogP contribution in [0.2, 0.25) is 0 Å². The lowest BCUT2D eigenvalue weighted by Crippen LogP contribution is -2.40. The van der Waals surface area contributed by atoms with Gasteiger partial charge in [0.25, 0.3) is 5.91 Å². The Morgan fingerprint density at radius 1 is 1.28 bits per heavy atom. The van der Waals surface area contributed by atoms with Crippen LogP contribution in [0.5, 0.6) is 0 Å². The van der Waals surface area contributed by atoms with Gasteiger partial charge in [0.15, 0.2) is 0 Å². The highest BCUT2D eigenvalue weighted by Crippen LogP contribution is 2.20. The normalized spacial score (nSPS) is 20.0. The van der Waals surface area contributed by atoms with E-state index in [-0.39, 0.29) is 17.9 Å². The number of rotatable bonds is 4. The molecule has 0 saturated carbocycles. The molecular weight excluding hydrogens is 316 g/mol. The SMILES string of the molecule is Cc1ccc2c(C(=O)N[C@H]3COC[C@H]3Cc3ccncc3)cnn2c1. The lowest BCUT2D eigenvalue weighted by molar-refractivity contribution is 0.0926. The van der Waals surface area contributed by atoms with Crippen molar-refractivity contribution in [2.75, 3.05) is 13.2 Å². The number of carbonyl (C=O) groups is 1. The fourth-order valence-corrected chi connectivity index (χ4v) is 3.29. The van der Waals surface area contributed by atoms with Crippen LogP contribution >= 0.6 is 0 Å². The number of amides is 1. The summed E-state index contributed by atoms with van der Waals surface area (Å²) in [7, 11) is 0. The number of carbonyl (C=O) groups excluding carboxylic acids is 1. The van der Waals surface area contributed by atoms with Gasteiger partial charge < -0.3 is 10.1 Å². The number of nitrogens with zero attached hydrogens (tertiary/aromatic N) is 3. The van der Waals surface area contributed by atoms with Gasteiger partial charge in [-0.25, -0.2) is 4.52 Å². The molecule has 0 unspecified atom stereocenters. The molecule has 128 valence electrons. The van der Waals surface area contributed by atoms with E-state index in [1.807, 2.05) is 37.4 Å². The van der Waals surface area contributed by atoms with Crippen molar-refractivity contribution < 1.29 is 9.53 Å². The maximum Gasteiger partial charge on any atom is 0.255 e. The summed E-state index contributed by atoms with van der Waals surface area (Å²) in [6.07, 6.45) is 7.98. The van der Waals surface area contributed by atoms with Crippen LogP contribution in [0.1, 0.15) is 21.5 Å². The number of nitrogens with one attached hydrogen (secondary N) is 1. The summed E-state index contributed by atoms with van der Waals surface area (Å²) in [6.45, 7) is 3.20. The molecule has 1 saturated heterocycles. The van der Waals surface area contributed by atoms with Gasteiger partial charge >= 0.3 is 0 Å². The van der Waals surface area contributed by atoms with Gasteiger partial charge in [0.05, 0.1) is 36.5 Å². The van der Waals surface area contributed by atoms with Crippen molar-refractivity contribution in [3.05, 3.63) is 65.7 Å². The van der Waals surface area contributed by atoms with Gasteiger partial charge in [-0.2, -0.15) is 5.10 Å². The maximum absolute atomic E-state index is 12.7. The van der Waals surface area contributed by atoms with E-state index in [4.69, 9.17) is 4.74 Å². The molecule has 0 bridgehead atoms. The quantitative estimate of drug-likeness (QED) is 0.791. The van der Waals surface area contributed by atoms with E-state index < -0.39 is 0 Å². The van der Waals surface area contributed by atoms with Gasteiger partial charge in [0, 0.05) is 24.5 Å². The van der Waals surface area contributed by atoms with Crippen LogP contribution in [0, 0.1) is 12.8 Å². The summed E-state index contributed by atoms with van der Waals surface area (Å²) in [6, 6.07) is 7.92. The summed E-state index contributed by atoms with van der Waals surface area (Å²) in [5.41, 5.74) is 3.71. The number of fused-ring (bicyclic) bond motifs is 1. The first-order valence-corrected chi connectivity index (χ1v) is 8.42. The Morgan fingerprint density at radius 2 is 2.12 bits per heavy atom.